The molecule has 2 N–H and O–H groups in total. The second kappa shape index (κ2) is 6.39. The van der Waals surface area contributed by atoms with E-state index in [9.17, 15) is 9.59 Å². The summed E-state index contributed by atoms with van der Waals surface area (Å²) in [5.74, 6) is 0.942. The molecule has 1 aliphatic rings. The number of methoxy groups -OCH3 is 1. The second-order valence-electron chi connectivity index (χ2n) is 5.09. The van der Waals surface area contributed by atoms with Gasteiger partial charge in [-0.15, -0.1) is 0 Å². The minimum Gasteiger partial charge on any atom is -0.497 e. The van der Waals surface area contributed by atoms with Gasteiger partial charge in [0.15, 0.2) is 5.82 Å². The van der Waals surface area contributed by atoms with Crippen LogP contribution in [0.5, 0.6) is 5.75 Å². The lowest BCUT2D eigenvalue weighted by Crippen LogP contribution is -2.39. The first-order valence-corrected chi connectivity index (χ1v) is 7.08. The van der Waals surface area contributed by atoms with Crippen molar-refractivity contribution in [3.63, 3.8) is 0 Å². The highest BCUT2D eigenvalue weighted by Gasteiger charge is 2.31. The summed E-state index contributed by atoms with van der Waals surface area (Å²) >= 11 is 0. The fourth-order valence-corrected chi connectivity index (χ4v) is 2.45. The number of nitrogens with one attached hydrogen (secondary N) is 2. The number of hydrogen-bond donors (Lipinski definition) is 2. The number of aromatic nitrogens is 1. The average Bonchev–Trinajstić information content (AvgIpc) is 3.17. The van der Waals surface area contributed by atoms with Gasteiger partial charge in [-0.2, -0.15) is 0 Å². The van der Waals surface area contributed by atoms with Crippen LogP contribution in [0.2, 0.25) is 0 Å². The van der Waals surface area contributed by atoms with Crippen molar-refractivity contribution in [2.75, 3.05) is 23.9 Å². The van der Waals surface area contributed by atoms with Gasteiger partial charge in [0, 0.05) is 30.8 Å². The predicted octanol–water partition coefficient (Wildman–Crippen LogP) is 1.61. The molecule has 0 bridgehead atoms. The fourth-order valence-electron chi connectivity index (χ4n) is 2.45. The van der Waals surface area contributed by atoms with Gasteiger partial charge in [0.1, 0.15) is 12.0 Å². The van der Waals surface area contributed by atoms with Crippen molar-refractivity contribution in [1.82, 2.24) is 10.5 Å². The molecule has 120 valence electrons. The van der Waals surface area contributed by atoms with Gasteiger partial charge < -0.3 is 19.5 Å². The van der Waals surface area contributed by atoms with Gasteiger partial charge in [-0.25, -0.2) is 4.79 Å². The molecule has 1 aromatic heterocycles. The highest BCUT2D eigenvalue weighted by molar-refractivity contribution is 5.97. The smallest absolute Gasteiger partial charge is 0.320 e. The first-order valence-electron chi connectivity index (χ1n) is 7.08. The summed E-state index contributed by atoms with van der Waals surface area (Å²) in [6, 6.07) is 8.07. The topological polar surface area (TPSA) is 96.7 Å². The number of carbonyl (C=O) groups is 2. The molecule has 0 radical (unpaired) electrons. The Morgan fingerprint density at radius 2 is 2.30 bits per heavy atom. The highest BCUT2D eigenvalue weighted by atomic mass is 16.5. The van der Waals surface area contributed by atoms with Crippen molar-refractivity contribution in [3.05, 3.63) is 36.6 Å². The standard InChI is InChI=1S/C15H16N4O4/c1-22-12-4-2-3-11(8-12)19-9-10(7-14(19)20)16-15(21)17-13-5-6-23-18-13/h2-6,8,10H,7,9H2,1H3,(H2,16,17,18,21)/t10-/m0/s1. The zero-order valence-electron chi connectivity index (χ0n) is 12.5. The normalized spacial score (nSPS) is 17.2. The van der Waals surface area contributed by atoms with E-state index < -0.39 is 6.03 Å². The maximum absolute atomic E-state index is 12.2. The zero-order valence-corrected chi connectivity index (χ0v) is 12.5. The van der Waals surface area contributed by atoms with Crippen LogP contribution in [-0.4, -0.2) is 36.8 Å². The van der Waals surface area contributed by atoms with Crippen molar-refractivity contribution in [1.29, 1.82) is 0 Å². The maximum atomic E-state index is 12.2. The molecule has 3 rings (SSSR count). The van der Waals surface area contributed by atoms with Gasteiger partial charge in [0.25, 0.3) is 0 Å². The van der Waals surface area contributed by atoms with Crippen LogP contribution >= 0.6 is 0 Å². The molecule has 8 heteroatoms. The lowest BCUT2D eigenvalue weighted by atomic mass is 10.2. The Kier molecular flexibility index (Phi) is 4.13. The number of urea groups is 1. The van der Waals surface area contributed by atoms with Gasteiger partial charge in [-0.3, -0.25) is 10.1 Å². The molecule has 0 unspecified atom stereocenters. The van der Waals surface area contributed by atoms with E-state index in [-0.39, 0.29) is 18.4 Å². The number of carbonyl (C=O) groups excluding carboxylic acids is 2. The van der Waals surface area contributed by atoms with Crippen LogP contribution in [0.25, 0.3) is 0 Å². The molecule has 2 heterocycles. The number of rotatable bonds is 4. The molecule has 1 saturated heterocycles. The van der Waals surface area contributed by atoms with Crippen LogP contribution in [0.3, 0.4) is 0 Å². The van der Waals surface area contributed by atoms with E-state index in [1.54, 1.807) is 18.1 Å². The summed E-state index contributed by atoms with van der Waals surface area (Å²) in [7, 11) is 1.57. The Morgan fingerprint density at radius 1 is 1.43 bits per heavy atom. The molecule has 8 nitrogen and oxygen atoms in total. The SMILES string of the molecule is COc1cccc(N2C[C@@H](NC(=O)Nc3ccon3)CC2=O)c1. The zero-order chi connectivity index (χ0) is 16.2. The summed E-state index contributed by atoms with van der Waals surface area (Å²) in [4.78, 5) is 25.7. The molecule has 3 amide bonds. The Balaban J connectivity index is 1.61. The number of amides is 3. The Bertz CT molecular complexity index is 701. The first kappa shape index (κ1) is 14.9. The van der Waals surface area contributed by atoms with Crippen LogP contribution in [0.15, 0.2) is 41.1 Å². The van der Waals surface area contributed by atoms with Gasteiger partial charge >= 0.3 is 6.03 Å². The maximum Gasteiger partial charge on any atom is 0.320 e. The third kappa shape index (κ3) is 3.42. The number of benzene rings is 1. The number of anilines is 2. The van der Waals surface area contributed by atoms with E-state index in [1.807, 2.05) is 18.2 Å². The number of nitrogens with zero attached hydrogens (tertiary/aromatic N) is 2. The van der Waals surface area contributed by atoms with Crippen molar-refractivity contribution >= 4 is 23.4 Å². The molecule has 0 spiro atoms. The minimum atomic E-state index is -0.427. The summed E-state index contributed by atoms with van der Waals surface area (Å²) in [5.41, 5.74) is 0.746. The van der Waals surface area contributed by atoms with E-state index in [4.69, 9.17) is 4.74 Å². The van der Waals surface area contributed by atoms with Gasteiger partial charge in [0.2, 0.25) is 5.91 Å². The fraction of sp³-hybridized carbons (Fsp3) is 0.267. The van der Waals surface area contributed by atoms with Gasteiger partial charge in [0.05, 0.1) is 13.2 Å². The van der Waals surface area contributed by atoms with Crippen LogP contribution in [0.4, 0.5) is 16.3 Å². The van der Waals surface area contributed by atoms with Gasteiger partial charge in [-0.05, 0) is 12.1 Å². The Hall–Kier alpha value is -3.03. The third-order valence-electron chi connectivity index (χ3n) is 3.50. The summed E-state index contributed by atoms with van der Waals surface area (Å²) in [6.45, 7) is 0.401. The monoisotopic (exact) mass is 316 g/mol. The number of ether oxygens (including phenoxy) is 1. The average molecular weight is 316 g/mol. The van der Waals surface area contributed by atoms with Crippen LogP contribution in [-0.2, 0) is 4.79 Å². The molecule has 0 saturated carbocycles. The van der Waals surface area contributed by atoms with E-state index in [1.165, 1.54) is 12.3 Å². The van der Waals surface area contributed by atoms with Crippen LogP contribution in [0.1, 0.15) is 6.42 Å². The van der Waals surface area contributed by atoms with Crippen LogP contribution in [0, 0.1) is 0 Å². The molecular formula is C15H16N4O4. The molecule has 1 aromatic carbocycles. The molecule has 2 aromatic rings. The molecule has 1 atom stereocenters. The lowest BCUT2D eigenvalue weighted by molar-refractivity contribution is -0.117. The summed E-state index contributed by atoms with van der Waals surface area (Å²) < 4.78 is 9.80. The highest BCUT2D eigenvalue weighted by Crippen LogP contribution is 2.25. The lowest BCUT2D eigenvalue weighted by Gasteiger charge is -2.18. The van der Waals surface area contributed by atoms with Crippen LogP contribution < -0.4 is 20.3 Å². The first-order chi connectivity index (χ1) is 11.2. The van der Waals surface area contributed by atoms with Crippen molar-refractivity contribution in [3.8, 4) is 5.75 Å². The third-order valence-corrected chi connectivity index (χ3v) is 3.50. The molecular weight excluding hydrogens is 300 g/mol. The molecule has 1 aliphatic heterocycles. The van der Waals surface area contributed by atoms with Gasteiger partial charge in [-0.1, -0.05) is 11.2 Å². The van der Waals surface area contributed by atoms with E-state index in [0.29, 0.717) is 18.1 Å². The summed E-state index contributed by atoms with van der Waals surface area (Å²) in [5, 5.41) is 8.87. The van der Waals surface area contributed by atoms with E-state index >= 15 is 0 Å². The Morgan fingerprint density at radius 3 is 3.04 bits per heavy atom. The van der Waals surface area contributed by atoms with Crippen molar-refractivity contribution in [2.45, 2.75) is 12.5 Å². The van der Waals surface area contributed by atoms with E-state index in [0.717, 1.165) is 5.69 Å². The quantitative estimate of drug-likeness (QED) is 0.893. The second-order valence-corrected chi connectivity index (χ2v) is 5.09. The summed E-state index contributed by atoms with van der Waals surface area (Å²) in [6.07, 6.45) is 1.60. The van der Waals surface area contributed by atoms with Crippen molar-refractivity contribution < 1.29 is 18.8 Å². The number of hydrogen-bond acceptors (Lipinski definition) is 5. The van der Waals surface area contributed by atoms with E-state index in [2.05, 4.69) is 20.3 Å². The van der Waals surface area contributed by atoms with Crippen molar-refractivity contribution in [2.24, 2.45) is 0 Å². The minimum absolute atomic E-state index is 0.0509. The molecule has 0 aliphatic carbocycles. The Labute approximate surface area is 132 Å². The molecule has 23 heavy (non-hydrogen) atoms. The largest absolute Gasteiger partial charge is 0.497 e. The predicted molar refractivity (Wildman–Crippen MR) is 82.4 cm³/mol. The molecule has 1 fully saturated rings.